The van der Waals surface area contributed by atoms with E-state index in [1.165, 1.54) is 11.8 Å². The van der Waals surface area contributed by atoms with Crippen molar-refractivity contribution in [2.24, 2.45) is 0 Å². The molecule has 2 aromatic carbocycles. The quantitative estimate of drug-likeness (QED) is 0.298. The van der Waals surface area contributed by atoms with Gasteiger partial charge in [-0.1, -0.05) is 69.7 Å². The molecule has 2 amide bonds. The van der Waals surface area contributed by atoms with Gasteiger partial charge in [-0.25, -0.2) is 22.9 Å². The number of unbranched alkanes of at least 4 members (excludes halogenated alkanes) is 1. The fourth-order valence-corrected chi connectivity index (χ4v) is 5.94. The molecule has 9 heteroatoms. The predicted molar refractivity (Wildman–Crippen MR) is 147 cm³/mol. The first-order chi connectivity index (χ1) is 17.3. The highest BCUT2D eigenvalue weighted by molar-refractivity contribution is 7.98. The van der Waals surface area contributed by atoms with Gasteiger partial charge in [-0.3, -0.25) is 0 Å². The smallest absolute Gasteiger partial charge is 0.328 e. The molecule has 0 aliphatic carbocycles. The van der Waals surface area contributed by atoms with Crippen molar-refractivity contribution in [1.29, 1.82) is 0 Å². The zero-order valence-electron chi connectivity index (χ0n) is 21.5. The number of sulfonamides is 1. The normalized spacial score (nSPS) is 11.4. The van der Waals surface area contributed by atoms with E-state index in [2.05, 4.69) is 34.7 Å². The average Bonchev–Trinajstić information content (AvgIpc) is 3.22. The van der Waals surface area contributed by atoms with Gasteiger partial charge in [-0.05, 0) is 42.7 Å². The number of hydrogen-bond donors (Lipinski definition) is 2. The van der Waals surface area contributed by atoms with E-state index in [0.717, 1.165) is 54.2 Å². The number of rotatable bonds is 12. The molecule has 0 radical (unpaired) electrons. The fraction of sp³-hybridized carbons (Fsp3) is 0.407. The predicted octanol–water partition coefficient (Wildman–Crippen LogP) is 5.62. The second-order valence-electron chi connectivity index (χ2n) is 8.58. The molecule has 0 saturated heterocycles. The molecule has 0 atom stereocenters. The fourth-order valence-electron chi connectivity index (χ4n) is 4.09. The van der Waals surface area contributed by atoms with Crippen LogP contribution in [0.15, 0.2) is 58.5 Å². The number of imidazole rings is 1. The summed E-state index contributed by atoms with van der Waals surface area (Å²) in [6.45, 7) is 7.37. The van der Waals surface area contributed by atoms with E-state index in [1.54, 1.807) is 30.0 Å². The molecular weight excluding hydrogens is 492 g/mol. The topological polar surface area (TPSA) is 93.1 Å². The highest BCUT2D eigenvalue weighted by atomic mass is 32.2. The van der Waals surface area contributed by atoms with Crippen molar-refractivity contribution in [3.8, 4) is 11.1 Å². The van der Waals surface area contributed by atoms with E-state index in [9.17, 15) is 13.2 Å². The van der Waals surface area contributed by atoms with Crippen LogP contribution in [0.1, 0.15) is 57.1 Å². The third-order valence-electron chi connectivity index (χ3n) is 5.94. The molecule has 0 unspecified atom stereocenters. The highest BCUT2D eigenvalue weighted by Crippen LogP contribution is 2.29. The molecule has 3 rings (SSSR count). The summed E-state index contributed by atoms with van der Waals surface area (Å²) in [7, 11) is -4.03. The van der Waals surface area contributed by atoms with E-state index < -0.39 is 16.1 Å². The molecule has 0 aliphatic rings. The van der Waals surface area contributed by atoms with Gasteiger partial charge in [0, 0.05) is 25.1 Å². The van der Waals surface area contributed by atoms with Gasteiger partial charge in [0.15, 0.2) is 0 Å². The number of hydrogen-bond acceptors (Lipinski definition) is 5. The lowest BCUT2D eigenvalue weighted by Crippen LogP contribution is -2.39. The Labute approximate surface area is 219 Å². The van der Waals surface area contributed by atoms with Crippen LogP contribution in [0.2, 0.25) is 0 Å². The molecule has 2 N–H and O–H groups in total. The Morgan fingerprint density at radius 2 is 1.75 bits per heavy atom. The standard InChI is InChI=1S/C27H36N4O3S2/c1-5-8-13-25-29-26(35-4)23(7-3)31(25)19-20-14-16-21(17-15-20)22-11-9-10-12-24(22)36(33,34)30-27(32)28-18-6-2/h9-12,14-17H,5-8,13,18-19H2,1-4H3,(H2,28,30,32). The molecule has 0 saturated carbocycles. The van der Waals surface area contributed by atoms with Crippen LogP contribution in [0, 0.1) is 0 Å². The van der Waals surface area contributed by atoms with Crippen molar-refractivity contribution < 1.29 is 13.2 Å². The Hall–Kier alpha value is -2.78. The van der Waals surface area contributed by atoms with E-state index in [-0.39, 0.29) is 4.90 Å². The van der Waals surface area contributed by atoms with Crippen molar-refractivity contribution in [1.82, 2.24) is 19.6 Å². The van der Waals surface area contributed by atoms with Crippen molar-refractivity contribution >= 4 is 27.8 Å². The Balaban J connectivity index is 1.88. The van der Waals surface area contributed by atoms with Gasteiger partial charge < -0.3 is 9.88 Å². The summed E-state index contributed by atoms with van der Waals surface area (Å²) < 4.78 is 30.3. The maximum Gasteiger partial charge on any atom is 0.328 e. The second kappa shape index (κ2) is 13.0. The SMILES string of the molecule is CCCCc1nc(SC)c(CC)n1Cc1ccc(-c2ccccc2S(=O)(=O)NC(=O)NCCC)cc1. The van der Waals surface area contributed by atoms with Crippen molar-refractivity contribution in [2.45, 2.75) is 69.3 Å². The zero-order valence-corrected chi connectivity index (χ0v) is 23.1. The Morgan fingerprint density at radius 3 is 2.39 bits per heavy atom. The van der Waals surface area contributed by atoms with Crippen LogP contribution in [-0.4, -0.2) is 36.8 Å². The van der Waals surface area contributed by atoms with Crippen molar-refractivity contribution in [3.63, 3.8) is 0 Å². The molecule has 0 aliphatic heterocycles. The lowest BCUT2D eigenvalue weighted by atomic mass is 10.0. The minimum Gasteiger partial charge on any atom is -0.337 e. The summed E-state index contributed by atoms with van der Waals surface area (Å²) >= 11 is 1.69. The van der Waals surface area contributed by atoms with Crippen LogP contribution >= 0.6 is 11.8 Å². The third kappa shape index (κ3) is 6.70. The molecule has 3 aromatic rings. The van der Waals surface area contributed by atoms with E-state index in [1.807, 2.05) is 31.2 Å². The van der Waals surface area contributed by atoms with Crippen molar-refractivity contribution in [2.75, 3.05) is 12.8 Å². The van der Waals surface area contributed by atoms with Gasteiger partial charge >= 0.3 is 6.03 Å². The molecule has 0 bridgehead atoms. The molecule has 1 heterocycles. The van der Waals surface area contributed by atoms with E-state index in [4.69, 9.17) is 4.98 Å². The summed E-state index contributed by atoms with van der Waals surface area (Å²) in [6.07, 6.45) is 6.87. The first-order valence-electron chi connectivity index (χ1n) is 12.5. The first kappa shape index (κ1) is 27.8. The van der Waals surface area contributed by atoms with E-state index in [0.29, 0.717) is 18.5 Å². The maximum absolute atomic E-state index is 12.9. The molecule has 0 spiro atoms. The molecule has 0 fully saturated rings. The molecular formula is C27H36N4O3S2. The lowest BCUT2D eigenvalue weighted by Gasteiger charge is -2.14. The van der Waals surface area contributed by atoms with Gasteiger partial charge in [0.25, 0.3) is 10.0 Å². The van der Waals surface area contributed by atoms with Crippen molar-refractivity contribution in [3.05, 3.63) is 65.6 Å². The number of nitrogens with one attached hydrogen (secondary N) is 2. The molecule has 194 valence electrons. The summed E-state index contributed by atoms with van der Waals surface area (Å²) in [6, 6.07) is 13.9. The monoisotopic (exact) mass is 528 g/mol. The number of thioether (sulfide) groups is 1. The third-order valence-corrected chi connectivity index (χ3v) is 8.04. The van der Waals surface area contributed by atoms with Crippen LogP contribution in [-0.2, 0) is 29.4 Å². The zero-order chi connectivity index (χ0) is 26.1. The van der Waals surface area contributed by atoms with Gasteiger partial charge in [0.1, 0.15) is 10.9 Å². The molecule has 1 aromatic heterocycles. The minimum atomic E-state index is -4.03. The van der Waals surface area contributed by atoms with Crippen LogP contribution in [0.25, 0.3) is 11.1 Å². The average molecular weight is 529 g/mol. The summed E-state index contributed by atoms with van der Waals surface area (Å²) in [5.74, 6) is 1.12. The van der Waals surface area contributed by atoms with Gasteiger partial charge in [-0.15, -0.1) is 11.8 Å². The number of carbonyl (C=O) groups excluding carboxylic acids is 1. The number of amides is 2. The first-order valence-corrected chi connectivity index (χ1v) is 15.2. The summed E-state index contributed by atoms with van der Waals surface area (Å²) in [5, 5.41) is 3.63. The van der Waals surface area contributed by atoms with Gasteiger partial charge in [0.2, 0.25) is 0 Å². The molecule has 36 heavy (non-hydrogen) atoms. The second-order valence-corrected chi connectivity index (χ2v) is 11.0. The lowest BCUT2D eigenvalue weighted by molar-refractivity contribution is 0.246. The van der Waals surface area contributed by atoms with Crippen LogP contribution in [0.5, 0.6) is 0 Å². The maximum atomic E-state index is 12.9. The van der Waals surface area contributed by atoms with Crippen LogP contribution in [0.4, 0.5) is 4.79 Å². The minimum absolute atomic E-state index is 0.0683. The Bertz CT molecular complexity index is 1270. The summed E-state index contributed by atoms with van der Waals surface area (Å²) in [5.41, 5.74) is 3.69. The van der Waals surface area contributed by atoms with Gasteiger partial charge in [-0.2, -0.15) is 0 Å². The van der Waals surface area contributed by atoms with Gasteiger partial charge in [0.05, 0.1) is 10.6 Å². The number of carbonyl (C=O) groups is 1. The number of nitrogens with zero attached hydrogens (tertiary/aromatic N) is 2. The number of urea groups is 1. The highest BCUT2D eigenvalue weighted by Gasteiger charge is 2.22. The number of aromatic nitrogens is 2. The number of benzene rings is 2. The number of aryl methyl sites for hydroxylation is 1. The summed E-state index contributed by atoms with van der Waals surface area (Å²) in [4.78, 5) is 17.0. The van der Waals surface area contributed by atoms with E-state index >= 15 is 0 Å². The van der Waals surface area contributed by atoms with Crippen LogP contribution < -0.4 is 10.0 Å². The largest absolute Gasteiger partial charge is 0.337 e. The molecule has 7 nitrogen and oxygen atoms in total. The Kier molecular flexibility index (Phi) is 10.0. The van der Waals surface area contributed by atoms with Crippen LogP contribution in [0.3, 0.4) is 0 Å². The Morgan fingerprint density at radius 1 is 1.03 bits per heavy atom.